The van der Waals surface area contributed by atoms with E-state index in [1.807, 2.05) is 24.3 Å². The molecule has 1 saturated heterocycles. The normalized spacial score (nSPS) is 13.9. The fourth-order valence-electron chi connectivity index (χ4n) is 3.74. The number of hydrogen-bond acceptors (Lipinski definition) is 7. The predicted octanol–water partition coefficient (Wildman–Crippen LogP) is 4.57. The summed E-state index contributed by atoms with van der Waals surface area (Å²) in [4.78, 5) is 30.1. The molecule has 2 heterocycles. The molecule has 2 aromatic carbocycles. The number of rotatable bonds is 8. The van der Waals surface area contributed by atoms with Crippen LogP contribution in [-0.4, -0.2) is 39.4 Å². The van der Waals surface area contributed by atoms with Crippen molar-refractivity contribution in [1.82, 2.24) is 9.88 Å². The van der Waals surface area contributed by atoms with Gasteiger partial charge in [0.05, 0.1) is 35.1 Å². The highest BCUT2D eigenvalue weighted by Crippen LogP contribution is 2.27. The van der Waals surface area contributed by atoms with E-state index in [0.29, 0.717) is 29.7 Å². The first-order valence-electron chi connectivity index (χ1n) is 10.6. The SMILES string of the molecule is N#Cc1cc(C#N)cc(-c2ccc(OC[C@@H](CCc3cccnc3)N3C(=O)CSC3=O)cc2)c1. The van der Waals surface area contributed by atoms with Gasteiger partial charge in [-0.3, -0.25) is 19.5 Å². The summed E-state index contributed by atoms with van der Waals surface area (Å²) in [7, 11) is 0. The van der Waals surface area contributed by atoms with E-state index in [2.05, 4.69) is 17.1 Å². The first kappa shape index (κ1) is 23.0. The zero-order valence-electron chi connectivity index (χ0n) is 18.2. The van der Waals surface area contributed by atoms with Crippen LogP contribution in [0.4, 0.5) is 4.79 Å². The summed E-state index contributed by atoms with van der Waals surface area (Å²) >= 11 is 1.01. The number of imide groups is 1. The molecule has 1 fully saturated rings. The molecule has 0 saturated carbocycles. The number of carbonyl (C=O) groups is 2. The van der Waals surface area contributed by atoms with Crippen LogP contribution < -0.4 is 4.74 Å². The number of aromatic nitrogens is 1. The average Bonchev–Trinajstić information content (AvgIpc) is 3.22. The molecular formula is C26H20N4O3S. The Morgan fingerprint density at radius 2 is 1.76 bits per heavy atom. The van der Waals surface area contributed by atoms with Gasteiger partial charge in [-0.25, -0.2) is 0 Å². The minimum atomic E-state index is -0.389. The monoisotopic (exact) mass is 468 g/mol. The zero-order valence-corrected chi connectivity index (χ0v) is 19.0. The number of hydrogen-bond donors (Lipinski definition) is 0. The summed E-state index contributed by atoms with van der Waals surface area (Å²) < 4.78 is 5.97. The highest BCUT2D eigenvalue weighted by Gasteiger charge is 2.36. The van der Waals surface area contributed by atoms with Crippen molar-refractivity contribution < 1.29 is 14.3 Å². The molecule has 34 heavy (non-hydrogen) atoms. The zero-order chi connectivity index (χ0) is 23.9. The third kappa shape index (κ3) is 5.43. The number of amides is 2. The van der Waals surface area contributed by atoms with Gasteiger partial charge in [0.2, 0.25) is 5.91 Å². The van der Waals surface area contributed by atoms with Gasteiger partial charge in [0.15, 0.2) is 0 Å². The van der Waals surface area contributed by atoms with E-state index in [-0.39, 0.29) is 29.5 Å². The third-order valence-electron chi connectivity index (χ3n) is 5.46. The maximum Gasteiger partial charge on any atom is 0.289 e. The summed E-state index contributed by atoms with van der Waals surface area (Å²) in [5.74, 6) is 0.554. The number of thioether (sulfide) groups is 1. The van der Waals surface area contributed by atoms with Crippen LogP contribution in [0.1, 0.15) is 23.1 Å². The summed E-state index contributed by atoms with van der Waals surface area (Å²) in [6, 6.07) is 19.9. The lowest BCUT2D eigenvalue weighted by Gasteiger charge is -2.25. The average molecular weight is 469 g/mol. The van der Waals surface area contributed by atoms with Crippen molar-refractivity contribution in [2.75, 3.05) is 12.4 Å². The molecule has 0 spiro atoms. The summed E-state index contributed by atoms with van der Waals surface area (Å²) in [6.07, 6.45) is 4.71. The standard InChI is InChI=1S/C26H20N4O3S/c27-13-19-10-20(14-28)12-22(11-19)21-4-7-24(8-5-21)33-16-23(30-25(31)17-34-26(30)32)6-3-18-2-1-9-29-15-18/h1-2,4-5,7-12,15,23H,3,6,16-17H2/t23-/m1/s1. The maximum atomic E-state index is 12.3. The first-order chi connectivity index (χ1) is 16.6. The van der Waals surface area contributed by atoms with Gasteiger partial charge >= 0.3 is 0 Å². The first-order valence-corrected chi connectivity index (χ1v) is 11.6. The molecule has 3 aromatic rings. The molecular weight excluding hydrogens is 448 g/mol. The van der Waals surface area contributed by atoms with E-state index in [9.17, 15) is 20.1 Å². The second-order valence-corrected chi connectivity index (χ2v) is 8.66. The van der Waals surface area contributed by atoms with Crippen molar-refractivity contribution in [2.45, 2.75) is 18.9 Å². The molecule has 0 bridgehead atoms. The highest BCUT2D eigenvalue weighted by atomic mass is 32.2. The van der Waals surface area contributed by atoms with Crippen LogP contribution >= 0.6 is 11.8 Å². The Kier molecular flexibility index (Phi) is 7.22. The molecule has 1 aliphatic rings. The van der Waals surface area contributed by atoms with Crippen LogP contribution in [0.15, 0.2) is 67.0 Å². The summed E-state index contributed by atoms with van der Waals surface area (Å²) in [6.45, 7) is 0.181. The van der Waals surface area contributed by atoms with Crippen LogP contribution in [0.5, 0.6) is 5.75 Å². The molecule has 0 radical (unpaired) electrons. The molecule has 4 rings (SSSR count). The second kappa shape index (κ2) is 10.7. The lowest BCUT2D eigenvalue weighted by molar-refractivity contribution is -0.126. The van der Waals surface area contributed by atoms with E-state index >= 15 is 0 Å². The van der Waals surface area contributed by atoms with Crippen LogP contribution in [-0.2, 0) is 11.2 Å². The number of ether oxygens (including phenoxy) is 1. The minimum absolute atomic E-state index is 0.156. The van der Waals surface area contributed by atoms with Crippen molar-refractivity contribution in [2.24, 2.45) is 0 Å². The Labute approximate surface area is 201 Å². The lowest BCUT2D eigenvalue weighted by Crippen LogP contribution is -2.43. The van der Waals surface area contributed by atoms with Crippen molar-refractivity contribution in [3.8, 4) is 29.0 Å². The van der Waals surface area contributed by atoms with E-state index in [1.54, 1.807) is 42.7 Å². The van der Waals surface area contributed by atoms with Gasteiger partial charge in [0.25, 0.3) is 5.24 Å². The van der Waals surface area contributed by atoms with E-state index in [0.717, 1.165) is 28.5 Å². The lowest BCUT2D eigenvalue weighted by atomic mass is 10.0. The largest absolute Gasteiger partial charge is 0.491 e. The van der Waals surface area contributed by atoms with Gasteiger partial charge in [-0.1, -0.05) is 30.0 Å². The van der Waals surface area contributed by atoms with Crippen LogP contribution in [0.25, 0.3) is 11.1 Å². The Morgan fingerprint density at radius 3 is 2.35 bits per heavy atom. The van der Waals surface area contributed by atoms with Gasteiger partial charge < -0.3 is 4.74 Å². The molecule has 1 aromatic heterocycles. The number of nitrogens with zero attached hydrogens (tertiary/aromatic N) is 4. The van der Waals surface area contributed by atoms with Crippen molar-refractivity contribution in [3.05, 3.63) is 83.7 Å². The third-order valence-corrected chi connectivity index (χ3v) is 6.29. The molecule has 168 valence electrons. The Hall–Kier alpha value is -4.14. The van der Waals surface area contributed by atoms with Gasteiger partial charge in [-0.05, 0) is 65.9 Å². The summed E-state index contributed by atoms with van der Waals surface area (Å²) in [5.41, 5.74) is 3.48. The number of aryl methyl sites for hydroxylation is 1. The van der Waals surface area contributed by atoms with Crippen molar-refractivity contribution >= 4 is 22.9 Å². The Bertz CT molecular complexity index is 1230. The topological polar surface area (TPSA) is 107 Å². The molecule has 8 heteroatoms. The van der Waals surface area contributed by atoms with Gasteiger partial charge in [-0.2, -0.15) is 10.5 Å². The summed E-state index contributed by atoms with van der Waals surface area (Å²) in [5, 5.41) is 18.2. The molecule has 0 N–H and O–H groups in total. The molecule has 0 unspecified atom stereocenters. The van der Waals surface area contributed by atoms with Gasteiger partial charge in [0, 0.05) is 12.4 Å². The molecule has 0 aliphatic carbocycles. The predicted molar refractivity (Wildman–Crippen MR) is 128 cm³/mol. The Morgan fingerprint density at radius 1 is 1.03 bits per heavy atom. The highest BCUT2D eigenvalue weighted by molar-refractivity contribution is 8.14. The number of carbonyl (C=O) groups excluding carboxylic acids is 2. The van der Waals surface area contributed by atoms with Crippen molar-refractivity contribution in [3.63, 3.8) is 0 Å². The number of nitriles is 2. The fraction of sp³-hybridized carbons (Fsp3) is 0.192. The molecule has 2 amide bonds. The Balaban J connectivity index is 1.47. The smallest absolute Gasteiger partial charge is 0.289 e. The molecule has 7 nitrogen and oxygen atoms in total. The number of benzene rings is 2. The van der Waals surface area contributed by atoms with Crippen LogP contribution in [0.2, 0.25) is 0 Å². The van der Waals surface area contributed by atoms with E-state index in [1.165, 1.54) is 4.90 Å². The quantitative estimate of drug-likeness (QED) is 0.477. The fourth-order valence-corrected chi connectivity index (χ4v) is 4.52. The van der Waals surface area contributed by atoms with E-state index in [4.69, 9.17) is 4.74 Å². The maximum absolute atomic E-state index is 12.3. The molecule has 1 atom stereocenters. The van der Waals surface area contributed by atoms with Gasteiger partial charge in [0.1, 0.15) is 12.4 Å². The van der Waals surface area contributed by atoms with Gasteiger partial charge in [-0.15, -0.1) is 0 Å². The van der Waals surface area contributed by atoms with Crippen LogP contribution in [0.3, 0.4) is 0 Å². The molecule has 1 aliphatic heterocycles. The second-order valence-electron chi connectivity index (χ2n) is 7.73. The van der Waals surface area contributed by atoms with E-state index < -0.39 is 0 Å². The van der Waals surface area contributed by atoms with Crippen LogP contribution in [0, 0.1) is 22.7 Å². The number of pyridine rings is 1. The minimum Gasteiger partial charge on any atom is -0.491 e. The van der Waals surface area contributed by atoms with Crippen molar-refractivity contribution in [1.29, 1.82) is 10.5 Å².